The molecule has 0 bridgehead atoms. The molecule has 0 saturated carbocycles. The molecule has 2 aromatic heterocycles. The fourth-order valence-electron chi connectivity index (χ4n) is 4.10. The molecule has 35 heavy (non-hydrogen) atoms. The van der Waals surface area contributed by atoms with Gasteiger partial charge in [-0.25, -0.2) is 17.8 Å². The molecule has 1 aliphatic heterocycles. The van der Waals surface area contributed by atoms with Crippen molar-refractivity contribution in [1.29, 1.82) is 0 Å². The number of carbonyl (C=O) groups excluding carboxylic acids is 1. The zero-order chi connectivity index (χ0) is 24.9. The highest BCUT2D eigenvalue weighted by atomic mass is 35.5. The van der Waals surface area contributed by atoms with Crippen LogP contribution >= 0.6 is 34.5 Å². The third kappa shape index (κ3) is 4.54. The number of aromatic nitrogens is 2. The summed E-state index contributed by atoms with van der Waals surface area (Å²) in [5.41, 5.74) is 1.77. The predicted octanol–water partition coefficient (Wildman–Crippen LogP) is 3.60. The molecule has 0 fully saturated rings. The molecule has 2 aromatic carbocycles. The van der Waals surface area contributed by atoms with E-state index in [1.807, 2.05) is 0 Å². The fourth-order valence-corrected chi connectivity index (χ4v) is 7.20. The largest absolute Gasteiger partial charge is 0.384 e. The van der Waals surface area contributed by atoms with Crippen LogP contribution in [-0.2, 0) is 27.5 Å². The number of hydrogen-bond acceptors (Lipinski definition) is 7. The van der Waals surface area contributed by atoms with Crippen LogP contribution in [0.4, 0.5) is 5.69 Å². The van der Waals surface area contributed by atoms with Gasteiger partial charge in [-0.1, -0.05) is 29.3 Å². The van der Waals surface area contributed by atoms with Gasteiger partial charge in [0.1, 0.15) is 9.96 Å². The van der Waals surface area contributed by atoms with Crippen LogP contribution in [0.15, 0.2) is 56.3 Å². The number of carbonyl (C=O) groups is 1. The zero-order valence-corrected chi connectivity index (χ0v) is 21.1. The van der Waals surface area contributed by atoms with Gasteiger partial charge in [-0.3, -0.25) is 9.59 Å². The SMILES string of the molecule is O=C(Cc1ccc(-n2c(=O)[nH]c3cc4c(cc3c2=O)CCN4)c(Cl)c1)CS(=O)(=O)c1ccc(Cl)s1. The number of ketones is 1. The summed E-state index contributed by atoms with van der Waals surface area (Å²) in [5, 5.41) is 3.65. The Morgan fingerprint density at radius 3 is 2.60 bits per heavy atom. The van der Waals surface area contributed by atoms with Crippen LogP contribution in [0.25, 0.3) is 16.6 Å². The van der Waals surface area contributed by atoms with Crippen LogP contribution in [0, 0.1) is 0 Å². The predicted molar refractivity (Wildman–Crippen MR) is 137 cm³/mol. The van der Waals surface area contributed by atoms with E-state index < -0.39 is 32.6 Å². The van der Waals surface area contributed by atoms with E-state index in [0.717, 1.165) is 40.1 Å². The summed E-state index contributed by atoms with van der Waals surface area (Å²) in [7, 11) is -3.80. The summed E-state index contributed by atoms with van der Waals surface area (Å²) in [6, 6.07) is 10.8. The Bertz CT molecular complexity index is 1740. The number of fused-ring (bicyclic) bond motifs is 2. The number of H-pyrrole nitrogens is 1. The molecule has 3 heterocycles. The molecule has 12 heteroatoms. The summed E-state index contributed by atoms with van der Waals surface area (Å²) in [6.07, 6.45) is 0.600. The standard InChI is InChI=1S/C23H17Cl2N3O5S2/c24-16-8-12(7-14(29)11-35(32,33)21-4-3-20(25)34-21)1-2-19(16)28-22(30)15-9-13-5-6-26-17(13)10-18(15)27-23(28)31/h1-4,8-10,26H,5-7,11H2,(H,27,31). The van der Waals surface area contributed by atoms with E-state index in [9.17, 15) is 22.8 Å². The van der Waals surface area contributed by atoms with E-state index in [4.69, 9.17) is 23.2 Å². The van der Waals surface area contributed by atoms with Gasteiger partial charge in [-0.05, 0) is 53.9 Å². The molecule has 1 aliphatic rings. The minimum atomic E-state index is -3.80. The van der Waals surface area contributed by atoms with Gasteiger partial charge in [0.15, 0.2) is 15.6 Å². The average Bonchev–Trinajstić information content (AvgIpc) is 3.42. The van der Waals surface area contributed by atoms with Crippen molar-refractivity contribution < 1.29 is 13.2 Å². The molecule has 0 spiro atoms. The average molecular weight is 550 g/mol. The van der Waals surface area contributed by atoms with Crippen LogP contribution in [-0.4, -0.2) is 36.0 Å². The Labute approximate surface area is 213 Å². The Kier molecular flexibility index (Phi) is 6.08. The lowest BCUT2D eigenvalue weighted by molar-refractivity contribution is -0.116. The zero-order valence-electron chi connectivity index (χ0n) is 17.9. The molecule has 2 N–H and O–H groups in total. The molecule has 180 valence electrons. The Hall–Kier alpha value is -2.92. The van der Waals surface area contributed by atoms with Crippen LogP contribution in [0.3, 0.4) is 0 Å². The van der Waals surface area contributed by atoms with Crippen LogP contribution in [0.2, 0.25) is 9.36 Å². The second-order valence-electron chi connectivity index (χ2n) is 8.12. The molecular formula is C23H17Cl2N3O5S2. The van der Waals surface area contributed by atoms with E-state index in [2.05, 4.69) is 10.3 Å². The van der Waals surface area contributed by atoms with Crippen molar-refractivity contribution >= 4 is 66.7 Å². The maximum absolute atomic E-state index is 13.2. The second-order valence-corrected chi connectivity index (χ2v) is 12.5. The molecule has 4 aromatic rings. The highest BCUT2D eigenvalue weighted by Crippen LogP contribution is 2.28. The quantitative estimate of drug-likeness (QED) is 0.379. The number of anilines is 1. The summed E-state index contributed by atoms with van der Waals surface area (Å²) < 4.78 is 26.2. The van der Waals surface area contributed by atoms with Gasteiger partial charge >= 0.3 is 5.69 Å². The number of halogens is 2. The third-order valence-electron chi connectivity index (χ3n) is 5.69. The van der Waals surface area contributed by atoms with Crippen LogP contribution < -0.4 is 16.6 Å². The topological polar surface area (TPSA) is 118 Å². The summed E-state index contributed by atoms with van der Waals surface area (Å²) in [6.45, 7) is 0.762. The van der Waals surface area contributed by atoms with Gasteiger partial charge in [0, 0.05) is 18.7 Å². The van der Waals surface area contributed by atoms with Crippen molar-refractivity contribution in [2.75, 3.05) is 17.6 Å². The Balaban J connectivity index is 1.43. The first kappa shape index (κ1) is 23.8. The molecule has 5 rings (SSSR count). The highest BCUT2D eigenvalue weighted by molar-refractivity contribution is 7.94. The first-order chi connectivity index (χ1) is 16.6. The molecule has 0 saturated heterocycles. The number of nitrogens with one attached hydrogen (secondary N) is 2. The third-order valence-corrected chi connectivity index (χ3v) is 9.48. The number of sulfone groups is 1. The lowest BCUT2D eigenvalue weighted by Gasteiger charge is -2.11. The minimum Gasteiger partial charge on any atom is -0.384 e. The number of Topliss-reactive ketones (excluding diaryl/α,β-unsaturated/α-hetero) is 1. The first-order valence-electron chi connectivity index (χ1n) is 10.5. The lowest BCUT2D eigenvalue weighted by atomic mass is 10.1. The van der Waals surface area contributed by atoms with E-state index in [1.54, 1.807) is 12.1 Å². The Morgan fingerprint density at radius 1 is 1.09 bits per heavy atom. The second kappa shape index (κ2) is 8.94. The number of benzene rings is 2. The maximum atomic E-state index is 13.2. The smallest absolute Gasteiger partial charge is 0.333 e. The normalized spacial score (nSPS) is 13.1. The monoisotopic (exact) mass is 549 g/mol. The molecule has 0 unspecified atom stereocenters. The Morgan fingerprint density at radius 2 is 1.89 bits per heavy atom. The summed E-state index contributed by atoms with van der Waals surface area (Å²) >= 11 is 13.1. The van der Waals surface area contributed by atoms with Crippen LogP contribution in [0.1, 0.15) is 11.1 Å². The molecule has 0 atom stereocenters. The minimum absolute atomic E-state index is 0.0283. The molecule has 0 amide bonds. The van der Waals surface area contributed by atoms with Gasteiger partial charge in [0.05, 0.1) is 25.9 Å². The lowest BCUT2D eigenvalue weighted by Crippen LogP contribution is -2.33. The van der Waals surface area contributed by atoms with E-state index >= 15 is 0 Å². The molecular weight excluding hydrogens is 533 g/mol. The maximum Gasteiger partial charge on any atom is 0.333 e. The van der Waals surface area contributed by atoms with E-state index in [-0.39, 0.29) is 21.3 Å². The fraction of sp³-hybridized carbons (Fsp3) is 0.174. The van der Waals surface area contributed by atoms with Gasteiger partial charge in [0.2, 0.25) is 0 Å². The highest BCUT2D eigenvalue weighted by Gasteiger charge is 2.22. The van der Waals surface area contributed by atoms with E-state index in [1.165, 1.54) is 30.3 Å². The first-order valence-corrected chi connectivity index (χ1v) is 13.7. The van der Waals surface area contributed by atoms with Gasteiger partial charge in [0.25, 0.3) is 5.56 Å². The number of aromatic amines is 1. The molecule has 8 nitrogen and oxygen atoms in total. The van der Waals surface area contributed by atoms with Gasteiger partial charge in [-0.2, -0.15) is 0 Å². The van der Waals surface area contributed by atoms with Crippen molar-refractivity contribution in [2.45, 2.75) is 17.1 Å². The summed E-state index contributed by atoms with van der Waals surface area (Å²) in [5.74, 6) is -1.20. The number of rotatable bonds is 6. The van der Waals surface area contributed by atoms with Crippen molar-refractivity contribution in [2.24, 2.45) is 0 Å². The number of thiophene rings is 1. The number of nitrogens with zero attached hydrogens (tertiary/aromatic N) is 1. The summed E-state index contributed by atoms with van der Waals surface area (Å²) in [4.78, 5) is 41.1. The van der Waals surface area contributed by atoms with Crippen molar-refractivity contribution in [3.8, 4) is 5.69 Å². The van der Waals surface area contributed by atoms with E-state index in [0.29, 0.717) is 20.8 Å². The number of hydrogen-bond donors (Lipinski definition) is 2. The van der Waals surface area contributed by atoms with Gasteiger partial charge < -0.3 is 10.3 Å². The van der Waals surface area contributed by atoms with Crippen molar-refractivity contribution in [3.63, 3.8) is 0 Å². The van der Waals surface area contributed by atoms with Crippen LogP contribution in [0.5, 0.6) is 0 Å². The molecule has 0 aliphatic carbocycles. The van der Waals surface area contributed by atoms with Crippen molar-refractivity contribution in [1.82, 2.24) is 9.55 Å². The van der Waals surface area contributed by atoms with Crippen molar-refractivity contribution in [3.05, 3.63) is 83.8 Å². The molecule has 0 radical (unpaired) electrons. The van der Waals surface area contributed by atoms with Gasteiger partial charge in [-0.15, -0.1) is 11.3 Å².